The van der Waals surface area contributed by atoms with Gasteiger partial charge in [-0.15, -0.1) is 13.2 Å². The molecule has 2 heterocycles. The largest absolute Gasteiger partial charge is 0.573 e. The number of rotatable bonds is 5. The van der Waals surface area contributed by atoms with Gasteiger partial charge in [-0.3, -0.25) is 9.59 Å². The van der Waals surface area contributed by atoms with Gasteiger partial charge in [0, 0.05) is 45.0 Å². The molecule has 1 aliphatic rings. The molecule has 2 amide bonds. The number of hydrogen-bond acceptors (Lipinski definition) is 5. The second kappa shape index (κ2) is 10.3. The normalized spacial score (nSPS) is 13.9. The third kappa shape index (κ3) is 6.12. The van der Waals surface area contributed by atoms with Gasteiger partial charge < -0.3 is 19.9 Å². The molecule has 10 heteroatoms. The second-order valence-electron chi connectivity index (χ2n) is 8.46. The molecule has 0 bridgehead atoms. The maximum Gasteiger partial charge on any atom is 0.573 e. The highest BCUT2D eigenvalue weighted by atomic mass is 19.4. The summed E-state index contributed by atoms with van der Waals surface area (Å²) in [6, 6.07) is 14.7. The van der Waals surface area contributed by atoms with Crippen molar-refractivity contribution in [2.45, 2.75) is 20.2 Å². The zero-order valence-corrected chi connectivity index (χ0v) is 19.8. The number of benzene rings is 2. The molecule has 1 fully saturated rings. The van der Waals surface area contributed by atoms with Crippen molar-refractivity contribution in [2.75, 3.05) is 36.4 Å². The van der Waals surface area contributed by atoms with Gasteiger partial charge in [-0.05, 0) is 60.0 Å². The summed E-state index contributed by atoms with van der Waals surface area (Å²) in [5.41, 5.74) is 2.98. The number of ether oxygens (including phenoxy) is 1. The third-order valence-electron chi connectivity index (χ3n) is 5.92. The van der Waals surface area contributed by atoms with E-state index in [9.17, 15) is 22.8 Å². The quantitative estimate of drug-likeness (QED) is 0.543. The number of halogens is 3. The number of pyridine rings is 1. The average molecular weight is 499 g/mol. The van der Waals surface area contributed by atoms with Gasteiger partial charge in [-0.1, -0.05) is 18.2 Å². The zero-order chi connectivity index (χ0) is 25.9. The molecule has 0 aliphatic carbocycles. The molecule has 4 rings (SSSR count). The van der Waals surface area contributed by atoms with Crippen molar-refractivity contribution < 1.29 is 27.5 Å². The van der Waals surface area contributed by atoms with Gasteiger partial charge >= 0.3 is 6.36 Å². The summed E-state index contributed by atoms with van der Waals surface area (Å²) < 4.78 is 41.4. The minimum Gasteiger partial charge on any atom is -0.406 e. The summed E-state index contributed by atoms with van der Waals surface area (Å²) in [5, 5.41) is 2.84. The van der Waals surface area contributed by atoms with Gasteiger partial charge in [-0.25, -0.2) is 4.98 Å². The Balaban J connectivity index is 1.42. The minimum atomic E-state index is -4.75. The van der Waals surface area contributed by atoms with Crippen molar-refractivity contribution in [1.82, 2.24) is 9.88 Å². The first-order chi connectivity index (χ1) is 17.1. The summed E-state index contributed by atoms with van der Waals surface area (Å²) in [5.74, 6) is 0.176. The molecule has 188 valence electrons. The second-order valence-corrected chi connectivity index (χ2v) is 8.46. The fraction of sp³-hybridized carbons (Fsp3) is 0.269. The lowest BCUT2D eigenvalue weighted by molar-refractivity contribution is -0.274. The fourth-order valence-corrected chi connectivity index (χ4v) is 4.08. The number of anilines is 2. The van der Waals surface area contributed by atoms with Crippen LogP contribution in [0.3, 0.4) is 0 Å². The van der Waals surface area contributed by atoms with E-state index < -0.39 is 6.36 Å². The predicted molar refractivity (Wildman–Crippen MR) is 130 cm³/mol. The van der Waals surface area contributed by atoms with Crippen LogP contribution in [0.15, 0.2) is 60.8 Å². The minimum absolute atomic E-state index is 0.0568. The van der Waals surface area contributed by atoms with E-state index in [1.807, 2.05) is 6.07 Å². The molecule has 1 aromatic heterocycles. The Bertz CT molecular complexity index is 1250. The number of aryl methyl sites for hydroxylation is 1. The number of piperazine rings is 1. The Labute approximate surface area is 206 Å². The van der Waals surface area contributed by atoms with Gasteiger partial charge in [0.1, 0.15) is 11.6 Å². The number of nitrogens with zero attached hydrogens (tertiary/aromatic N) is 3. The number of hydrogen-bond donors (Lipinski definition) is 1. The maximum absolute atomic E-state index is 12.8. The molecule has 0 unspecified atom stereocenters. The van der Waals surface area contributed by atoms with Crippen LogP contribution >= 0.6 is 0 Å². The number of amides is 2. The van der Waals surface area contributed by atoms with Crippen LogP contribution in [-0.4, -0.2) is 54.2 Å². The molecule has 1 aliphatic heterocycles. The molecule has 0 radical (unpaired) electrons. The Hall–Kier alpha value is -4.08. The number of carbonyl (C=O) groups excluding carboxylic acids is 2. The van der Waals surface area contributed by atoms with E-state index in [0.717, 1.165) is 16.9 Å². The van der Waals surface area contributed by atoms with Crippen molar-refractivity contribution in [3.8, 4) is 16.9 Å². The number of carbonyl (C=O) groups is 2. The highest BCUT2D eigenvalue weighted by Gasteiger charge is 2.31. The molecular weight excluding hydrogens is 473 g/mol. The SMILES string of the molecule is CC(=O)N1CCN(c2ccc(C(=O)Nc3cccc(-c4ccc(OC(F)(F)F)cc4C)c3)cn2)CC1. The monoisotopic (exact) mass is 498 g/mol. The van der Waals surface area contributed by atoms with Crippen molar-refractivity contribution >= 4 is 23.3 Å². The van der Waals surface area contributed by atoms with E-state index in [0.29, 0.717) is 43.0 Å². The Morgan fingerprint density at radius 1 is 1.00 bits per heavy atom. The molecule has 0 saturated carbocycles. The molecule has 1 saturated heterocycles. The van der Waals surface area contributed by atoms with Crippen LogP contribution in [0.25, 0.3) is 11.1 Å². The lowest BCUT2D eigenvalue weighted by atomic mass is 10.00. The van der Waals surface area contributed by atoms with Gasteiger partial charge in [-0.2, -0.15) is 0 Å². The first-order valence-corrected chi connectivity index (χ1v) is 11.3. The first-order valence-electron chi connectivity index (χ1n) is 11.3. The summed E-state index contributed by atoms with van der Waals surface area (Å²) in [7, 11) is 0. The maximum atomic E-state index is 12.8. The smallest absolute Gasteiger partial charge is 0.406 e. The van der Waals surface area contributed by atoms with Crippen LogP contribution < -0.4 is 15.0 Å². The average Bonchev–Trinajstić information content (AvgIpc) is 2.83. The van der Waals surface area contributed by atoms with Gasteiger partial charge in [0.05, 0.1) is 5.56 Å². The van der Waals surface area contributed by atoms with E-state index in [-0.39, 0.29) is 17.6 Å². The number of aromatic nitrogens is 1. The Kier molecular flexibility index (Phi) is 7.14. The molecule has 1 N–H and O–H groups in total. The lowest BCUT2D eigenvalue weighted by Gasteiger charge is -2.34. The predicted octanol–water partition coefficient (Wildman–Crippen LogP) is 4.88. The first kappa shape index (κ1) is 25.0. The number of alkyl halides is 3. The van der Waals surface area contributed by atoms with Gasteiger partial charge in [0.15, 0.2) is 0 Å². The number of nitrogens with one attached hydrogen (secondary N) is 1. The van der Waals surface area contributed by atoms with E-state index in [4.69, 9.17) is 0 Å². The lowest BCUT2D eigenvalue weighted by Crippen LogP contribution is -2.48. The molecule has 0 atom stereocenters. The fourth-order valence-electron chi connectivity index (χ4n) is 4.08. The molecule has 36 heavy (non-hydrogen) atoms. The summed E-state index contributed by atoms with van der Waals surface area (Å²) in [6.07, 6.45) is -3.24. The van der Waals surface area contributed by atoms with Crippen molar-refractivity contribution in [3.05, 3.63) is 71.9 Å². The van der Waals surface area contributed by atoms with E-state index in [1.165, 1.54) is 18.3 Å². The highest BCUT2D eigenvalue weighted by Crippen LogP contribution is 2.31. The summed E-state index contributed by atoms with van der Waals surface area (Å²) >= 11 is 0. The molecule has 2 aromatic carbocycles. The van der Waals surface area contributed by atoms with E-state index in [1.54, 1.807) is 55.1 Å². The Morgan fingerprint density at radius 3 is 2.36 bits per heavy atom. The molecule has 0 spiro atoms. The van der Waals surface area contributed by atoms with E-state index >= 15 is 0 Å². The summed E-state index contributed by atoms with van der Waals surface area (Å²) in [6.45, 7) is 5.86. The third-order valence-corrected chi connectivity index (χ3v) is 5.92. The van der Waals surface area contributed by atoms with Gasteiger partial charge in [0.25, 0.3) is 5.91 Å². The zero-order valence-electron chi connectivity index (χ0n) is 19.8. The summed E-state index contributed by atoms with van der Waals surface area (Å²) in [4.78, 5) is 32.5. The van der Waals surface area contributed by atoms with Crippen LogP contribution in [0.2, 0.25) is 0 Å². The van der Waals surface area contributed by atoms with Crippen LogP contribution in [-0.2, 0) is 4.79 Å². The Morgan fingerprint density at radius 2 is 1.75 bits per heavy atom. The van der Waals surface area contributed by atoms with Crippen molar-refractivity contribution in [2.24, 2.45) is 0 Å². The van der Waals surface area contributed by atoms with Crippen LogP contribution in [0, 0.1) is 6.92 Å². The standard InChI is InChI=1S/C26H25F3N4O3/c1-17-14-22(36-26(27,28)29)7-8-23(17)19-4-3-5-21(15-19)31-25(35)20-6-9-24(30-16-20)33-12-10-32(11-13-33)18(2)34/h3-9,14-16H,10-13H2,1-2H3,(H,31,35). The van der Waals surface area contributed by atoms with Crippen LogP contribution in [0.4, 0.5) is 24.7 Å². The highest BCUT2D eigenvalue weighted by molar-refractivity contribution is 6.04. The molecule has 3 aromatic rings. The topological polar surface area (TPSA) is 74.8 Å². The van der Waals surface area contributed by atoms with Gasteiger partial charge in [0.2, 0.25) is 5.91 Å². The van der Waals surface area contributed by atoms with Crippen molar-refractivity contribution in [3.63, 3.8) is 0 Å². The van der Waals surface area contributed by atoms with Crippen molar-refractivity contribution in [1.29, 1.82) is 0 Å². The molecule has 7 nitrogen and oxygen atoms in total. The van der Waals surface area contributed by atoms with Crippen LogP contribution in [0.5, 0.6) is 5.75 Å². The van der Waals surface area contributed by atoms with Crippen LogP contribution in [0.1, 0.15) is 22.8 Å². The van der Waals surface area contributed by atoms with E-state index in [2.05, 4.69) is 19.9 Å². The molecular formula is C26H25F3N4O3.